The van der Waals surface area contributed by atoms with E-state index in [-0.39, 0.29) is 5.04 Å². The zero-order valence-corrected chi connectivity index (χ0v) is 19.1. The summed E-state index contributed by atoms with van der Waals surface area (Å²) in [5.74, 6) is 1.77. The Hall–Kier alpha value is -0.293. The molecule has 0 fully saturated rings. The summed E-state index contributed by atoms with van der Waals surface area (Å²) in [5, 5.41) is 0.245. The molecule has 0 aromatic heterocycles. The molecule has 144 valence electrons. The minimum absolute atomic E-state index is 0.245. The van der Waals surface area contributed by atoms with Crippen molar-refractivity contribution in [2.24, 2.45) is 5.92 Å². The van der Waals surface area contributed by atoms with Crippen LogP contribution < -0.4 is 0 Å². The Labute approximate surface area is 161 Å². The summed E-state index contributed by atoms with van der Waals surface area (Å²) in [4.78, 5) is 0. The standard InChI is InChI=1S/C21H38O2SSi/c1-18(14-16-24-5)20(23-25(6,7)21(2,3)4)13-15-22-17-19-11-9-8-10-12-19/h8-12,18,20H,13-17H2,1-7H3/t18-,20-/m0/s1. The van der Waals surface area contributed by atoms with Gasteiger partial charge in [0.25, 0.3) is 0 Å². The Morgan fingerprint density at radius 3 is 2.28 bits per heavy atom. The molecule has 0 radical (unpaired) electrons. The van der Waals surface area contributed by atoms with E-state index in [9.17, 15) is 0 Å². The van der Waals surface area contributed by atoms with Gasteiger partial charge in [-0.3, -0.25) is 0 Å². The Balaban J connectivity index is 2.58. The highest BCUT2D eigenvalue weighted by Crippen LogP contribution is 2.38. The van der Waals surface area contributed by atoms with E-state index < -0.39 is 8.32 Å². The van der Waals surface area contributed by atoms with Crippen LogP contribution in [0.4, 0.5) is 0 Å². The van der Waals surface area contributed by atoms with Gasteiger partial charge in [-0.05, 0) is 54.5 Å². The lowest BCUT2D eigenvalue weighted by Crippen LogP contribution is -2.45. The summed E-state index contributed by atoms with van der Waals surface area (Å²) in [7, 11) is -1.76. The molecule has 1 aromatic carbocycles. The van der Waals surface area contributed by atoms with E-state index in [0.29, 0.717) is 18.6 Å². The van der Waals surface area contributed by atoms with Gasteiger partial charge in [0.15, 0.2) is 8.32 Å². The Morgan fingerprint density at radius 1 is 1.08 bits per heavy atom. The van der Waals surface area contributed by atoms with Gasteiger partial charge in [-0.1, -0.05) is 58.0 Å². The fourth-order valence-corrected chi connectivity index (χ4v) is 4.54. The second-order valence-corrected chi connectivity index (χ2v) is 14.2. The molecule has 0 aliphatic heterocycles. The van der Waals surface area contributed by atoms with Crippen molar-refractivity contribution in [1.29, 1.82) is 0 Å². The topological polar surface area (TPSA) is 18.5 Å². The monoisotopic (exact) mass is 382 g/mol. The van der Waals surface area contributed by atoms with E-state index in [1.807, 2.05) is 17.8 Å². The second-order valence-electron chi connectivity index (χ2n) is 8.50. The van der Waals surface area contributed by atoms with Crippen molar-refractivity contribution in [3.05, 3.63) is 35.9 Å². The van der Waals surface area contributed by atoms with Crippen LogP contribution in [0.15, 0.2) is 30.3 Å². The Kier molecular flexibility index (Phi) is 9.79. The molecule has 0 saturated carbocycles. The SMILES string of the molecule is CSCC[C@H](C)[C@H](CCOCc1ccccc1)O[Si](C)(C)C(C)(C)C. The first-order chi connectivity index (χ1) is 11.7. The first kappa shape index (κ1) is 22.7. The Bertz CT molecular complexity index is 471. The van der Waals surface area contributed by atoms with E-state index >= 15 is 0 Å². The van der Waals surface area contributed by atoms with Gasteiger partial charge >= 0.3 is 0 Å². The molecule has 2 atom stereocenters. The predicted octanol–water partition coefficient (Wildman–Crippen LogP) is 6.37. The van der Waals surface area contributed by atoms with Gasteiger partial charge in [0.05, 0.1) is 6.61 Å². The largest absolute Gasteiger partial charge is 0.414 e. The predicted molar refractivity (Wildman–Crippen MR) is 115 cm³/mol. The van der Waals surface area contributed by atoms with Crippen LogP contribution in [0.2, 0.25) is 18.1 Å². The normalized spacial score (nSPS) is 15.2. The van der Waals surface area contributed by atoms with Crippen molar-refractivity contribution >= 4 is 20.1 Å². The number of thioether (sulfide) groups is 1. The average Bonchev–Trinajstić information content (AvgIpc) is 2.55. The Morgan fingerprint density at radius 2 is 1.72 bits per heavy atom. The third-order valence-corrected chi connectivity index (χ3v) is 10.5. The molecule has 4 heteroatoms. The molecule has 0 aliphatic rings. The highest BCUT2D eigenvalue weighted by atomic mass is 32.2. The molecule has 1 rings (SSSR count). The van der Waals surface area contributed by atoms with E-state index in [2.05, 4.69) is 71.3 Å². The second kappa shape index (κ2) is 10.8. The van der Waals surface area contributed by atoms with E-state index in [1.54, 1.807) is 0 Å². The molecule has 0 unspecified atom stereocenters. The first-order valence-corrected chi connectivity index (χ1v) is 13.8. The molecule has 2 nitrogen and oxygen atoms in total. The smallest absolute Gasteiger partial charge is 0.192 e. The lowest BCUT2D eigenvalue weighted by molar-refractivity contribution is 0.0546. The van der Waals surface area contributed by atoms with Crippen LogP contribution in [0.5, 0.6) is 0 Å². The molecule has 1 aromatic rings. The minimum Gasteiger partial charge on any atom is -0.414 e. The lowest BCUT2D eigenvalue weighted by Gasteiger charge is -2.41. The zero-order valence-electron chi connectivity index (χ0n) is 17.3. The molecular formula is C21H38O2SSi. The van der Waals surface area contributed by atoms with Crippen LogP contribution >= 0.6 is 11.8 Å². The quantitative estimate of drug-likeness (QED) is 0.327. The average molecular weight is 383 g/mol. The molecule has 0 aliphatic carbocycles. The maximum absolute atomic E-state index is 6.76. The fraction of sp³-hybridized carbons (Fsp3) is 0.714. The highest BCUT2D eigenvalue weighted by Gasteiger charge is 2.39. The molecule has 25 heavy (non-hydrogen) atoms. The molecular weight excluding hydrogens is 344 g/mol. The molecule has 0 N–H and O–H groups in total. The minimum atomic E-state index is -1.76. The maximum Gasteiger partial charge on any atom is 0.192 e. The summed E-state index contributed by atoms with van der Waals surface area (Å²) >= 11 is 1.92. The van der Waals surface area contributed by atoms with Crippen LogP contribution in [-0.4, -0.2) is 33.0 Å². The molecule has 0 amide bonds. The molecule has 0 bridgehead atoms. The number of hydrogen-bond acceptors (Lipinski definition) is 3. The van der Waals surface area contributed by atoms with Crippen LogP contribution in [0.3, 0.4) is 0 Å². The van der Waals surface area contributed by atoms with E-state index in [1.165, 1.54) is 17.7 Å². The number of benzene rings is 1. The van der Waals surface area contributed by atoms with Crippen molar-refractivity contribution in [3.8, 4) is 0 Å². The van der Waals surface area contributed by atoms with Crippen LogP contribution in [0.25, 0.3) is 0 Å². The third-order valence-electron chi connectivity index (χ3n) is 5.32. The van der Waals surface area contributed by atoms with Gasteiger partial charge in [-0.2, -0.15) is 11.8 Å². The molecule has 0 saturated heterocycles. The van der Waals surface area contributed by atoms with Gasteiger partial charge in [0.1, 0.15) is 0 Å². The van der Waals surface area contributed by atoms with Gasteiger partial charge in [0, 0.05) is 12.7 Å². The van der Waals surface area contributed by atoms with Gasteiger partial charge in [-0.25, -0.2) is 0 Å². The summed E-state index contributed by atoms with van der Waals surface area (Å²) < 4.78 is 12.7. The maximum atomic E-state index is 6.76. The van der Waals surface area contributed by atoms with Crippen LogP contribution in [0.1, 0.15) is 46.1 Å². The van der Waals surface area contributed by atoms with Crippen LogP contribution in [-0.2, 0) is 15.8 Å². The number of ether oxygens (including phenoxy) is 1. The van der Waals surface area contributed by atoms with Crippen LogP contribution in [0, 0.1) is 5.92 Å². The van der Waals surface area contributed by atoms with Crippen molar-refractivity contribution in [1.82, 2.24) is 0 Å². The summed E-state index contributed by atoms with van der Waals surface area (Å²) in [5.41, 5.74) is 1.24. The van der Waals surface area contributed by atoms with Crippen molar-refractivity contribution in [2.45, 2.75) is 71.4 Å². The van der Waals surface area contributed by atoms with Crippen molar-refractivity contribution < 1.29 is 9.16 Å². The fourth-order valence-electron chi connectivity index (χ4n) is 2.47. The zero-order chi connectivity index (χ0) is 18.9. The van der Waals surface area contributed by atoms with E-state index in [4.69, 9.17) is 9.16 Å². The van der Waals surface area contributed by atoms with Gasteiger partial charge < -0.3 is 9.16 Å². The lowest BCUT2D eigenvalue weighted by atomic mass is 10.00. The van der Waals surface area contributed by atoms with E-state index in [0.717, 1.165) is 13.0 Å². The third kappa shape index (κ3) is 8.29. The van der Waals surface area contributed by atoms with Crippen molar-refractivity contribution in [2.75, 3.05) is 18.6 Å². The molecule has 0 heterocycles. The van der Waals surface area contributed by atoms with Gasteiger partial charge in [-0.15, -0.1) is 0 Å². The summed E-state index contributed by atoms with van der Waals surface area (Å²) in [6, 6.07) is 10.4. The number of hydrogen-bond donors (Lipinski definition) is 0. The summed E-state index contributed by atoms with van der Waals surface area (Å²) in [6.07, 6.45) is 4.66. The van der Waals surface area contributed by atoms with Gasteiger partial charge in [0.2, 0.25) is 0 Å². The number of rotatable bonds is 11. The summed E-state index contributed by atoms with van der Waals surface area (Å²) in [6.45, 7) is 15.4. The molecule has 0 spiro atoms. The first-order valence-electron chi connectivity index (χ1n) is 9.46. The highest BCUT2D eigenvalue weighted by molar-refractivity contribution is 7.98. The van der Waals surface area contributed by atoms with Crippen molar-refractivity contribution in [3.63, 3.8) is 0 Å².